The first-order chi connectivity index (χ1) is 10.9. The minimum Gasteiger partial charge on any atom is -0.348 e. The van der Waals surface area contributed by atoms with Crippen LogP contribution in [0.1, 0.15) is 22.7 Å². The third-order valence-corrected chi connectivity index (χ3v) is 3.99. The summed E-state index contributed by atoms with van der Waals surface area (Å²) in [6, 6.07) is 19.0. The van der Waals surface area contributed by atoms with E-state index in [1.165, 1.54) is 16.5 Å². The van der Waals surface area contributed by atoms with E-state index in [4.69, 9.17) is 0 Å². The first-order valence-electron chi connectivity index (χ1n) is 7.29. The maximum Gasteiger partial charge on any atom is 0.0922 e. The zero-order valence-electron chi connectivity index (χ0n) is 12.0. The molecule has 2 heterocycles. The van der Waals surface area contributed by atoms with Crippen LogP contribution in [0.4, 0.5) is 0 Å². The number of fused-ring (bicyclic) bond motifs is 1. The Morgan fingerprint density at radius 1 is 0.818 bits per heavy atom. The standard InChI is InChI=1S/C19H15N3/c1-2-5-14(6-3-1)19(18-12-21-13-22-18)17-8-4-7-15-11-20-10-9-16(15)17/h1-13,19H,(H,21,22). The Morgan fingerprint density at radius 2 is 1.73 bits per heavy atom. The normalized spacial score (nSPS) is 12.4. The van der Waals surface area contributed by atoms with Gasteiger partial charge in [0, 0.05) is 29.7 Å². The minimum absolute atomic E-state index is 0.134. The van der Waals surface area contributed by atoms with Gasteiger partial charge in [-0.3, -0.25) is 4.98 Å². The molecule has 0 bridgehead atoms. The van der Waals surface area contributed by atoms with Crippen LogP contribution >= 0.6 is 0 Å². The number of benzene rings is 2. The van der Waals surface area contributed by atoms with Crippen molar-refractivity contribution in [3.05, 3.63) is 96.3 Å². The van der Waals surface area contributed by atoms with Crippen LogP contribution in [0.3, 0.4) is 0 Å². The van der Waals surface area contributed by atoms with E-state index in [1.807, 2.05) is 24.7 Å². The van der Waals surface area contributed by atoms with Crippen molar-refractivity contribution >= 4 is 10.8 Å². The molecule has 0 saturated carbocycles. The van der Waals surface area contributed by atoms with Gasteiger partial charge in [-0.2, -0.15) is 0 Å². The Morgan fingerprint density at radius 3 is 2.55 bits per heavy atom. The molecule has 0 fully saturated rings. The van der Waals surface area contributed by atoms with Gasteiger partial charge in [0.15, 0.2) is 0 Å². The predicted octanol–water partition coefficient (Wildman–Crippen LogP) is 4.14. The monoisotopic (exact) mass is 285 g/mol. The van der Waals surface area contributed by atoms with E-state index in [0.29, 0.717) is 0 Å². The summed E-state index contributed by atoms with van der Waals surface area (Å²) in [5.74, 6) is 0.134. The van der Waals surface area contributed by atoms with Crippen molar-refractivity contribution in [3.63, 3.8) is 0 Å². The van der Waals surface area contributed by atoms with Crippen molar-refractivity contribution in [2.24, 2.45) is 0 Å². The number of hydrogen-bond acceptors (Lipinski definition) is 2. The highest BCUT2D eigenvalue weighted by Gasteiger charge is 2.19. The molecule has 106 valence electrons. The maximum absolute atomic E-state index is 4.23. The second kappa shape index (κ2) is 5.45. The number of aromatic nitrogens is 3. The minimum atomic E-state index is 0.134. The number of pyridine rings is 1. The van der Waals surface area contributed by atoms with Gasteiger partial charge in [0.25, 0.3) is 0 Å². The summed E-state index contributed by atoms with van der Waals surface area (Å²) in [5, 5.41) is 2.38. The molecule has 4 aromatic rings. The van der Waals surface area contributed by atoms with Crippen LogP contribution in [-0.4, -0.2) is 15.0 Å². The summed E-state index contributed by atoms with van der Waals surface area (Å²) in [5.41, 5.74) is 3.60. The van der Waals surface area contributed by atoms with Crippen molar-refractivity contribution in [1.82, 2.24) is 15.0 Å². The van der Waals surface area contributed by atoms with Crippen molar-refractivity contribution in [2.75, 3.05) is 0 Å². The smallest absolute Gasteiger partial charge is 0.0922 e. The molecule has 2 aromatic carbocycles. The lowest BCUT2D eigenvalue weighted by atomic mass is 9.86. The molecular weight excluding hydrogens is 270 g/mol. The Balaban J connectivity index is 1.98. The number of aromatic amines is 1. The van der Waals surface area contributed by atoms with Crippen molar-refractivity contribution in [3.8, 4) is 0 Å². The van der Waals surface area contributed by atoms with Gasteiger partial charge >= 0.3 is 0 Å². The summed E-state index contributed by atoms with van der Waals surface area (Å²) < 4.78 is 0. The molecule has 0 amide bonds. The fraction of sp³-hybridized carbons (Fsp3) is 0.0526. The Hall–Kier alpha value is -2.94. The number of nitrogens with one attached hydrogen (secondary N) is 1. The van der Waals surface area contributed by atoms with E-state index in [9.17, 15) is 0 Å². The van der Waals surface area contributed by atoms with Gasteiger partial charge in [-0.25, -0.2) is 4.98 Å². The average Bonchev–Trinajstić information content (AvgIpc) is 3.11. The van der Waals surface area contributed by atoms with Gasteiger partial charge in [0.1, 0.15) is 0 Å². The van der Waals surface area contributed by atoms with Gasteiger partial charge in [-0.1, -0.05) is 48.5 Å². The van der Waals surface area contributed by atoms with E-state index < -0.39 is 0 Å². The molecule has 1 atom stereocenters. The summed E-state index contributed by atoms with van der Waals surface area (Å²) in [4.78, 5) is 11.7. The van der Waals surface area contributed by atoms with Gasteiger partial charge in [-0.05, 0) is 22.6 Å². The predicted molar refractivity (Wildman–Crippen MR) is 87.7 cm³/mol. The van der Waals surface area contributed by atoms with Crippen LogP contribution in [0.2, 0.25) is 0 Å². The van der Waals surface area contributed by atoms with Crippen molar-refractivity contribution in [2.45, 2.75) is 5.92 Å². The topological polar surface area (TPSA) is 41.6 Å². The van der Waals surface area contributed by atoms with Gasteiger partial charge in [0.2, 0.25) is 0 Å². The second-order valence-corrected chi connectivity index (χ2v) is 5.29. The largest absolute Gasteiger partial charge is 0.348 e. The molecule has 0 aliphatic heterocycles. The molecule has 4 rings (SSSR count). The van der Waals surface area contributed by atoms with Crippen LogP contribution in [0.25, 0.3) is 10.8 Å². The van der Waals surface area contributed by atoms with Gasteiger partial charge in [0.05, 0.1) is 12.2 Å². The molecule has 1 N–H and O–H groups in total. The fourth-order valence-corrected chi connectivity index (χ4v) is 3.00. The van der Waals surface area contributed by atoms with Crippen molar-refractivity contribution in [1.29, 1.82) is 0 Å². The Bertz CT molecular complexity index is 878. The SMILES string of the molecule is c1ccc(C(c2cnc[nH]2)c2cccc3cnccc23)cc1. The quantitative estimate of drug-likeness (QED) is 0.614. The number of imidazole rings is 1. The molecule has 0 radical (unpaired) electrons. The average molecular weight is 285 g/mol. The lowest BCUT2D eigenvalue weighted by Crippen LogP contribution is -2.04. The molecule has 0 saturated heterocycles. The van der Waals surface area contributed by atoms with E-state index in [2.05, 4.69) is 63.5 Å². The van der Waals surface area contributed by atoms with Crippen LogP contribution in [0.5, 0.6) is 0 Å². The number of H-pyrrole nitrogens is 1. The van der Waals surface area contributed by atoms with Crippen LogP contribution in [0, 0.1) is 0 Å². The Labute approximate surface area is 128 Å². The lowest BCUT2D eigenvalue weighted by molar-refractivity contribution is 0.942. The number of rotatable bonds is 3. The Kier molecular flexibility index (Phi) is 3.16. The molecule has 0 spiro atoms. The highest BCUT2D eigenvalue weighted by atomic mass is 14.9. The second-order valence-electron chi connectivity index (χ2n) is 5.29. The molecule has 0 aliphatic carbocycles. The van der Waals surface area contributed by atoms with Crippen molar-refractivity contribution < 1.29 is 0 Å². The highest BCUT2D eigenvalue weighted by molar-refractivity contribution is 5.86. The third-order valence-electron chi connectivity index (χ3n) is 3.99. The van der Waals surface area contributed by atoms with E-state index in [-0.39, 0.29) is 5.92 Å². The third kappa shape index (κ3) is 2.17. The van der Waals surface area contributed by atoms with Crippen LogP contribution in [-0.2, 0) is 0 Å². The summed E-state index contributed by atoms with van der Waals surface area (Å²) in [6.07, 6.45) is 7.39. The molecule has 3 heteroatoms. The molecule has 0 aliphatic rings. The summed E-state index contributed by atoms with van der Waals surface area (Å²) >= 11 is 0. The maximum atomic E-state index is 4.23. The van der Waals surface area contributed by atoms with Gasteiger partial charge < -0.3 is 4.98 Å². The zero-order chi connectivity index (χ0) is 14.8. The molecule has 1 unspecified atom stereocenters. The first kappa shape index (κ1) is 12.8. The van der Waals surface area contributed by atoms with E-state index in [0.717, 1.165) is 11.1 Å². The van der Waals surface area contributed by atoms with E-state index in [1.54, 1.807) is 6.33 Å². The number of nitrogens with zero attached hydrogens (tertiary/aromatic N) is 2. The summed E-state index contributed by atoms with van der Waals surface area (Å²) in [6.45, 7) is 0. The molecule has 3 nitrogen and oxygen atoms in total. The molecule has 22 heavy (non-hydrogen) atoms. The molecule has 2 aromatic heterocycles. The zero-order valence-corrected chi connectivity index (χ0v) is 12.0. The van der Waals surface area contributed by atoms with Gasteiger partial charge in [-0.15, -0.1) is 0 Å². The van der Waals surface area contributed by atoms with Crippen LogP contribution in [0.15, 0.2) is 79.5 Å². The fourth-order valence-electron chi connectivity index (χ4n) is 3.00. The summed E-state index contributed by atoms with van der Waals surface area (Å²) in [7, 11) is 0. The van der Waals surface area contributed by atoms with Crippen LogP contribution < -0.4 is 0 Å². The lowest BCUT2D eigenvalue weighted by Gasteiger charge is -2.18. The highest BCUT2D eigenvalue weighted by Crippen LogP contribution is 2.34. The number of hydrogen-bond donors (Lipinski definition) is 1. The molecular formula is C19H15N3. The van der Waals surface area contributed by atoms with E-state index >= 15 is 0 Å². The first-order valence-corrected chi connectivity index (χ1v) is 7.29.